The van der Waals surface area contributed by atoms with Crippen molar-refractivity contribution in [2.75, 3.05) is 5.75 Å². The second kappa shape index (κ2) is 5.75. The maximum Gasteiger partial charge on any atom is 0.313 e. The Morgan fingerprint density at radius 1 is 1.73 bits per heavy atom. The lowest BCUT2D eigenvalue weighted by Crippen LogP contribution is -2.07. The molecule has 0 radical (unpaired) electrons. The molecule has 0 spiro atoms. The minimum Gasteiger partial charge on any atom is -0.481 e. The summed E-state index contributed by atoms with van der Waals surface area (Å²) in [5, 5.41) is 17.0. The summed E-state index contributed by atoms with van der Waals surface area (Å²) in [5.41, 5.74) is 0. The number of aliphatic carboxylic acids is 1. The van der Waals surface area contributed by atoms with Gasteiger partial charge in [-0.15, -0.1) is 10.2 Å². The third kappa shape index (κ3) is 3.54. The van der Waals surface area contributed by atoms with Crippen molar-refractivity contribution in [1.29, 1.82) is 0 Å². The van der Waals surface area contributed by atoms with E-state index in [2.05, 4.69) is 24.0 Å². The third-order valence-corrected chi connectivity index (χ3v) is 2.99. The van der Waals surface area contributed by atoms with E-state index in [1.165, 1.54) is 11.8 Å². The molecule has 84 valence electrons. The lowest BCUT2D eigenvalue weighted by Gasteiger charge is -2.13. The van der Waals surface area contributed by atoms with Gasteiger partial charge in [-0.05, 0) is 13.3 Å². The maximum atomic E-state index is 10.4. The first-order chi connectivity index (χ1) is 7.15. The van der Waals surface area contributed by atoms with E-state index in [0.29, 0.717) is 11.2 Å². The van der Waals surface area contributed by atoms with E-state index in [-0.39, 0.29) is 5.75 Å². The molecule has 1 atom stereocenters. The van der Waals surface area contributed by atoms with E-state index in [4.69, 9.17) is 5.11 Å². The Bertz CT molecular complexity index is 327. The predicted octanol–water partition coefficient (Wildman–Crippen LogP) is 1.82. The normalized spacial score (nSPS) is 12.7. The third-order valence-electron chi connectivity index (χ3n) is 2.05. The number of thioether (sulfide) groups is 1. The molecule has 0 saturated carbocycles. The fourth-order valence-electron chi connectivity index (χ4n) is 1.32. The van der Waals surface area contributed by atoms with Crippen LogP contribution in [0.1, 0.15) is 32.7 Å². The fraction of sp³-hybridized carbons (Fsp3) is 0.667. The van der Waals surface area contributed by atoms with Crippen LogP contribution in [0.2, 0.25) is 0 Å². The van der Waals surface area contributed by atoms with Crippen molar-refractivity contribution in [3.05, 3.63) is 6.33 Å². The molecule has 1 heterocycles. The first-order valence-corrected chi connectivity index (χ1v) is 5.87. The lowest BCUT2D eigenvalue weighted by atomic mass is 10.2. The monoisotopic (exact) mass is 229 g/mol. The van der Waals surface area contributed by atoms with Gasteiger partial charge in [0.15, 0.2) is 5.16 Å². The molecule has 0 amide bonds. The van der Waals surface area contributed by atoms with Crippen LogP contribution in [0.4, 0.5) is 0 Å². The smallest absolute Gasteiger partial charge is 0.313 e. The zero-order valence-electron chi connectivity index (χ0n) is 8.88. The van der Waals surface area contributed by atoms with Crippen molar-refractivity contribution in [3.63, 3.8) is 0 Å². The molecule has 1 N–H and O–H groups in total. The lowest BCUT2D eigenvalue weighted by molar-refractivity contribution is -0.133. The fourth-order valence-corrected chi connectivity index (χ4v) is 2.05. The number of carboxylic acid groups (broad SMARTS) is 1. The quantitative estimate of drug-likeness (QED) is 0.753. The molecule has 0 bridgehead atoms. The van der Waals surface area contributed by atoms with E-state index in [1.807, 2.05) is 4.57 Å². The van der Waals surface area contributed by atoms with E-state index in [1.54, 1.807) is 6.33 Å². The number of carboxylic acids is 1. The van der Waals surface area contributed by atoms with Gasteiger partial charge in [0, 0.05) is 6.04 Å². The average Bonchev–Trinajstić information content (AvgIpc) is 2.62. The number of nitrogens with zero attached hydrogens (tertiary/aromatic N) is 3. The molecule has 1 rings (SSSR count). The molecule has 1 unspecified atom stereocenters. The van der Waals surface area contributed by atoms with Crippen LogP contribution in [0.25, 0.3) is 0 Å². The van der Waals surface area contributed by atoms with Crippen molar-refractivity contribution >= 4 is 17.7 Å². The van der Waals surface area contributed by atoms with Gasteiger partial charge in [0.1, 0.15) is 6.33 Å². The first-order valence-electron chi connectivity index (χ1n) is 4.89. The highest BCUT2D eigenvalue weighted by atomic mass is 32.2. The summed E-state index contributed by atoms with van der Waals surface area (Å²) in [6.07, 6.45) is 3.78. The van der Waals surface area contributed by atoms with Gasteiger partial charge in [-0.3, -0.25) is 4.79 Å². The van der Waals surface area contributed by atoms with Crippen LogP contribution in [0.3, 0.4) is 0 Å². The van der Waals surface area contributed by atoms with E-state index < -0.39 is 5.97 Å². The SMILES string of the molecule is CCCC(C)n1cnnc1SCC(=O)O. The zero-order chi connectivity index (χ0) is 11.3. The number of aromatic nitrogens is 3. The Labute approximate surface area is 92.9 Å². The molecule has 0 fully saturated rings. The zero-order valence-corrected chi connectivity index (χ0v) is 9.70. The topological polar surface area (TPSA) is 68.0 Å². The minimum absolute atomic E-state index is 0.0253. The van der Waals surface area contributed by atoms with Gasteiger partial charge in [0.2, 0.25) is 0 Å². The van der Waals surface area contributed by atoms with Crippen LogP contribution in [-0.2, 0) is 4.79 Å². The van der Waals surface area contributed by atoms with Crippen LogP contribution < -0.4 is 0 Å². The van der Waals surface area contributed by atoms with Crippen LogP contribution in [-0.4, -0.2) is 31.6 Å². The second-order valence-electron chi connectivity index (χ2n) is 3.34. The Morgan fingerprint density at radius 3 is 3.07 bits per heavy atom. The molecule has 1 aromatic heterocycles. The number of carbonyl (C=O) groups is 1. The molecule has 0 aliphatic heterocycles. The van der Waals surface area contributed by atoms with Gasteiger partial charge in [0.25, 0.3) is 0 Å². The number of rotatable bonds is 6. The Hall–Kier alpha value is -1.04. The molecule has 15 heavy (non-hydrogen) atoms. The van der Waals surface area contributed by atoms with Gasteiger partial charge in [-0.25, -0.2) is 0 Å². The predicted molar refractivity (Wildman–Crippen MR) is 58.0 cm³/mol. The van der Waals surface area contributed by atoms with Gasteiger partial charge in [-0.1, -0.05) is 25.1 Å². The van der Waals surface area contributed by atoms with Crippen molar-refractivity contribution in [2.45, 2.75) is 37.9 Å². The minimum atomic E-state index is -0.835. The molecule has 0 aliphatic rings. The van der Waals surface area contributed by atoms with Crippen LogP contribution in [0, 0.1) is 0 Å². The van der Waals surface area contributed by atoms with Crippen molar-refractivity contribution in [1.82, 2.24) is 14.8 Å². The van der Waals surface area contributed by atoms with Crippen LogP contribution in [0.5, 0.6) is 0 Å². The van der Waals surface area contributed by atoms with Gasteiger partial charge in [0.05, 0.1) is 5.75 Å². The summed E-state index contributed by atoms with van der Waals surface area (Å²) in [4.78, 5) is 10.4. The summed E-state index contributed by atoms with van der Waals surface area (Å²) in [6, 6.07) is 0.321. The van der Waals surface area contributed by atoms with E-state index in [9.17, 15) is 4.79 Å². The standard InChI is InChI=1S/C9H15N3O2S/c1-3-4-7(2)12-6-10-11-9(12)15-5-8(13)14/h6-7H,3-5H2,1-2H3,(H,13,14). The highest BCUT2D eigenvalue weighted by Gasteiger charge is 2.11. The summed E-state index contributed by atoms with van der Waals surface area (Å²) in [5.74, 6) is -0.810. The van der Waals surface area contributed by atoms with Gasteiger partial charge < -0.3 is 9.67 Å². The average molecular weight is 229 g/mol. The molecular formula is C9H15N3O2S. The van der Waals surface area contributed by atoms with Crippen molar-refractivity contribution < 1.29 is 9.90 Å². The number of hydrogen-bond acceptors (Lipinski definition) is 4. The second-order valence-corrected chi connectivity index (χ2v) is 4.28. The highest BCUT2D eigenvalue weighted by Crippen LogP contribution is 2.21. The Balaban J connectivity index is 2.64. The number of hydrogen-bond donors (Lipinski definition) is 1. The first kappa shape index (κ1) is 12.0. The van der Waals surface area contributed by atoms with Crippen LogP contribution in [0.15, 0.2) is 11.5 Å². The van der Waals surface area contributed by atoms with E-state index >= 15 is 0 Å². The maximum absolute atomic E-state index is 10.4. The van der Waals surface area contributed by atoms with Gasteiger partial charge >= 0.3 is 5.97 Å². The molecule has 0 saturated heterocycles. The highest BCUT2D eigenvalue weighted by molar-refractivity contribution is 7.99. The molecular weight excluding hydrogens is 214 g/mol. The summed E-state index contributed by atoms with van der Waals surface area (Å²) >= 11 is 1.21. The molecule has 5 nitrogen and oxygen atoms in total. The molecule has 0 aliphatic carbocycles. The van der Waals surface area contributed by atoms with Gasteiger partial charge in [-0.2, -0.15) is 0 Å². The summed E-state index contributed by atoms with van der Waals surface area (Å²) < 4.78 is 1.93. The van der Waals surface area contributed by atoms with E-state index in [0.717, 1.165) is 12.8 Å². The largest absolute Gasteiger partial charge is 0.481 e. The van der Waals surface area contributed by atoms with Crippen molar-refractivity contribution in [2.24, 2.45) is 0 Å². The van der Waals surface area contributed by atoms with Crippen LogP contribution >= 0.6 is 11.8 Å². The molecule has 0 aromatic carbocycles. The molecule has 1 aromatic rings. The Morgan fingerprint density at radius 2 is 2.47 bits per heavy atom. The Kier molecular flexibility index (Phi) is 4.61. The summed E-state index contributed by atoms with van der Waals surface area (Å²) in [7, 11) is 0. The van der Waals surface area contributed by atoms with Crippen molar-refractivity contribution in [3.8, 4) is 0 Å². The summed E-state index contributed by atoms with van der Waals surface area (Å²) in [6.45, 7) is 4.20. The molecule has 6 heteroatoms.